The normalized spacial score (nSPS) is 16.2. The number of thiophene rings is 1. The fourth-order valence-electron chi connectivity index (χ4n) is 2.35. The molecule has 3 heteroatoms. The van der Waals surface area contributed by atoms with E-state index in [1.165, 1.54) is 4.88 Å². The van der Waals surface area contributed by atoms with Crippen LogP contribution in [0.1, 0.15) is 17.4 Å². The average molecular weight is 261 g/mol. The van der Waals surface area contributed by atoms with Crippen LogP contribution in [0.2, 0.25) is 0 Å². The molecule has 1 heterocycles. The Kier molecular flexibility index (Phi) is 4.17. The topological polar surface area (TPSA) is 46.2 Å². The third-order valence-corrected chi connectivity index (χ3v) is 4.46. The van der Waals surface area contributed by atoms with Crippen molar-refractivity contribution in [2.24, 2.45) is 5.73 Å². The van der Waals surface area contributed by atoms with Gasteiger partial charge < -0.3 is 10.8 Å². The highest BCUT2D eigenvalue weighted by Gasteiger charge is 2.36. The molecule has 0 aliphatic carbocycles. The van der Waals surface area contributed by atoms with E-state index in [0.717, 1.165) is 12.0 Å². The summed E-state index contributed by atoms with van der Waals surface area (Å²) in [6, 6.07) is 14.2. The summed E-state index contributed by atoms with van der Waals surface area (Å²) in [4.78, 5) is 1.25. The molecule has 18 heavy (non-hydrogen) atoms. The second-order valence-electron chi connectivity index (χ2n) is 4.66. The Bertz CT molecular complexity index is 467. The van der Waals surface area contributed by atoms with Crippen LogP contribution in [0.4, 0.5) is 0 Å². The van der Waals surface area contributed by atoms with Crippen LogP contribution in [-0.2, 0) is 11.8 Å². The van der Waals surface area contributed by atoms with Gasteiger partial charge in [0.1, 0.15) is 0 Å². The van der Waals surface area contributed by atoms with Gasteiger partial charge in [-0.2, -0.15) is 0 Å². The average Bonchev–Trinajstić information content (AvgIpc) is 2.89. The van der Waals surface area contributed by atoms with Crippen molar-refractivity contribution in [3.05, 3.63) is 58.3 Å². The zero-order valence-electron chi connectivity index (χ0n) is 10.5. The molecule has 0 aliphatic heterocycles. The van der Waals surface area contributed by atoms with Crippen LogP contribution in [0.15, 0.2) is 47.8 Å². The van der Waals surface area contributed by atoms with Crippen LogP contribution < -0.4 is 5.73 Å². The summed E-state index contributed by atoms with van der Waals surface area (Å²) >= 11 is 1.71. The molecule has 1 aromatic heterocycles. The van der Waals surface area contributed by atoms with E-state index in [0.29, 0.717) is 6.54 Å². The van der Waals surface area contributed by atoms with Gasteiger partial charge in [0.2, 0.25) is 0 Å². The molecule has 0 saturated carbocycles. The van der Waals surface area contributed by atoms with E-state index < -0.39 is 11.5 Å². The van der Waals surface area contributed by atoms with E-state index in [9.17, 15) is 5.11 Å². The first-order chi connectivity index (χ1) is 8.69. The Morgan fingerprint density at radius 2 is 1.94 bits per heavy atom. The molecule has 2 rings (SSSR count). The second kappa shape index (κ2) is 5.65. The minimum absolute atomic E-state index is 0.397. The van der Waals surface area contributed by atoms with E-state index in [4.69, 9.17) is 5.73 Å². The maximum absolute atomic E-state index is 10.2. The molecule has 2 unspecified atom stereocenters. The lowest BCUT2D eigenvalue weighted by atomic mass is 9.73. The standard InChI is InChI=1S/C15H19NOS/c1-12(17)15(11-16,10-14-8-5-9-18-14)13-6-3-2-4-7-13/h2-9,12,17H,10-11,16H2,1H3. The summed E-state index contributed by atoms with van der Waals surface area (Å²) in [5.74, 6) is 0. The van der Waals surface area contributed by atoms with Crippen LogP contribution in [0.3, 0.4) is 0 Å². The Morgan fingerprint density at radius 3 is 2.44 bits per heavy atom. The van der Waals surface area contributed by atoms with Gasteiger partial charge in [-0.1, -0.05) is 36.4 Å². The number of nitrogens with two attached hydrogens (primary N) is 1. The van der Waals surface area contributed by atoms with E-state index in [1.54, 1.807) is 11.3 Å². The molecule has 2 atom stereocenters. The van der Waals surface area contributed by atoms with Crippen LogP contribution in [0, 0.1) is 0 Å². The molecule has 0 fully saturated rings. The van der Waals surface area contributed by atoms with Gasteiger partial charge in [0.15, 0.2) is 0 Å². The number of aliphatic hydroxyl groups is 1. The van der Waals surface area contributed by atoms with Crippen molar-refractivity contribution >= 4 is 11.3 Å². The largest absolute Gasteiger partial charge is 0.392 e. The molecule has 1 aromatic carbocycles. The Balaban J connectivity index is 2.40. The maximum atomic E-state index is 10.2. The first-order valence-electron chi connectivity index (χ1n) is 6.15. The lowest BCUT2D eigenvalue weighted by Crippen LogP contribution is -2.46. The summed E-state index contributed by atoms with van der Waals surface area (Å²) in [5, 5.41) is 12.3. The lowest BCUT2D eigenvalue weighted by molar-refractivity contribution is 0.101. The minimum Gasteiger partial charge on any atom is -0.392 e. The number of aliphatic hydroxyl groups excluding tert-OH is 1. The maximum Gasteiger partial charge on any atom is 0.0624 e. The monoisotopic (exact) mass is 261 g/mol. The van der Waals surface area contributed by atoms with Gasteiger partial charge in [0.25, 0.3) is 0 Å². The van der Waals surface area contributed by atoms with E-state index >= 15 is 0 Å². The van der Waals surface area contributed by atoms with Gasteiger partial charge in [0, 0.05) is 16.8 Å². The van der Waals surface area contributed by atoms with Crippen molar-refractivity contribution in [1.29, 1.82) is 0 Å². The summed E-state index contributed by atoms with van der Waals surface area (Å²) in [7, 11) is 0. The van der Waals surface area contributed by atoms with Crippen molar-refractivity contribution in [1.82, 2.24) is 0 Å². The molecule has 96 valence electrons. The lowest BCUT2D eigenvalue weighted by Gasteiger charge is -2.36. The molecule has 0 spiro atoms. The number of hydrogen-bond acceptors (Lipinski definition) is 3. The fourth-order valence-corrected chi connectivity index (χ4v) is 3.18. The Morgan fingerprint density at radius 1 is 1.22 bits per heavy atom. The molecule has 0 aliphatic rings. The predicted molar refractivity (Wildman–Crippen MR) is 76.9 cm³/mol. The SMILES string of the molecule is CC(O)C(CN)(Cc1cccs1)c1ccccc1. The molecular formula is C15H19NOS. The third kappa shape index (κ3) is 2.48. The van der Waals surface area contributed by atoms with Crippen molar-refractivity contribution in [3.63, 3.8) is 0 Å². The molecule has 3 N–H and O–H groups in total. The molecule has 0 radical (unpaired) electrons. The van der Waals surface area contributed by atoms with Crippen molar-refractivity contribution in [2.45, 2.75) is 24.9 Å². The second-order valence-corrected chi connectivity index (χ2v) is 5.69. The first kappa shape index (κ1) is 13.3. The Labute approximate surface area is 112 Å². The molecule has 0 saturated heterocycles. The van der Waals surface area contributed by atoms with Crippen LogP contribution in [0.5, 0.6) is 0 Å². The van der Waals surface area contributed by atoms with Crippen molar-refractivity contribution in [2.75, 3.05) is 6.54 Å². The quantitative estimate of drug-likeness (QED) is 0.869. The highest BCUT2D eigenvalue weighted by atomic mass is 32.1. The van der Waals surface area contributed by atoms with E-state index in [1.807, 2.05) is 43.3 Å². The minimum atomic E-state index is -0.480. The number of benzene rings is 1. The zero-order chi connectivity index (χ0) is 13.0. The molecule has 0 amide bonds. The first-order valence-corrected chi connectivity index (χ1v) is 7.03. The number of hydrogen-bond donors (Lipinski definition) is 2. The van der Waals surface area contributed by atoms with Crippen molar-refractivity contribution < 1.29 is 5.11 Å². The zero-order valence-corrected chi connectivity index (χ0v) is 11.4. The highest BCUT2D eigenvalue weighted by Crippen LogP contribution is 2.32. The fraction of sp³-hybridized carbons (Fsp3) is 0.333. The van der Waals surface area contributed by atoms with Crippen LogP contribution in [-0.4, -0.2) is 17.8 Å². The third-order valence-electron chi connectivity index (χ3n) is 3.58. The predicted octanol–water partition coefficient (Wildman–Crippen LogP) is 2.57. The molecular weight excluding hydrogens is 242 g/mol. The summed E-state index contributed by atoms with van der Waals surface area (Å²) in [6.45, 7) is 2.26. The smallest absolute Gasteiger partial charge is 0.0624 e. The molecule has 2 aromatic rings. The van der Waals surface area contributed by atoms with Gasteiger partial charge in [-0.25, -0.2) is 0 Å². The van der Waals surface area contributed by atoms with Gasteiger partial charge >= 0.3 is 0 Å². The molecule has 2 nitrogen and oxygen atoms in total. The summed E-state index contributed by atoms with van der Waals surface area (Å²) in [6.07, 6.45) is 0.301. The Hall–Kier alpha value is -1.16. The van der Waals surface area contributed by atoms with Crippen molar-refractivity contribution in [3.8, 4) is 0 Å². The van der Waals surface area contributed by atoms with Gasteiger partial charge in [-0.05, 0) is 30.4 Å². The van der Waals surface area contributed by atoms with Crippen LogP contribution >= 0.6 is 11.3 Å². The van der Waals surface area contributed by atoms with E-state index in [2.05, 4.69) is 11.4 Å². The van der Waals surface area contributed by atoms with Gasteiger partial charge in [-0.15, -0.1) is 11.3 Å². The van der Waals surface area contributed by atoms with Crippen LogP contribution in [0.25, 0.3) is 0 Å². The van der Waals surface area contributed by atoms with Gasteiger partial charge in [0.05, 0.1) is 6.10 Å². The summed E-state index contributed by atoms with van der Waals surface area (Å²) < 4.78 is 0. The number of rotatable bonds is 5. The van der Waals surface area contributed by atoms with Gasteiger partial charge in [-0.3, -0.25) is 0 Å². The highest BCUT2D eigenvalue weighted by molar-refractivity contribution is 7.09. The molecule has 0 bridgehead atoms. The summed E-state index contributed by atoms with van der Waals surface area (Å²) in [5.41, 5.74) is 6.71. The van der Waals surface area contributed by atoms with E-state index in [-0.39, 0.29) is 0 Å².